The summed E-state index contributed by atoms with van der Waals surface area (Å²) in [5, 5.41) is 0. The van der Waals surface area contributed by atoms with E-state index < -0.39 is 0 Å². The molecule has 2 aromatic rings. The van der Waals surface area contributed by atoms with Crippen LogP contribution >= 0.6 is 22.6 Å². The smallest absolute Gasteiger partial charge is 0.265 e. The van der Waals surface area contributed by atoms with Gasteiger partial charge in [0.05, 0.1) is 0 Å². The van der Waals surface area contributed by atoms with E-state index in [1.807, 2.05) is 24.3 Å². The zero-order valence-corrected chi connectivity index (χ0v) is 15.5. The fourth-order valence-corrected chi connectivity index (χ4v) is 3.61. The van der Waals surface area contributed by atoms with E-state index in [-0.39, 0.29) is 11.7 Å². The highest BCUT2D eigenvalue weighted by Gasteiger charge is 2.24. The van der Waals surface area contributed by atoms with E-state index in [9.17, 15) is 4.79 Å². The molecule has 1 aromatic heterocycles. The Morgan fingerprint density at radius 1 is 1.22 bits per heavy atom. The van der Waals surface area contributed by atoms with Crippen LogP contribution in [0.1, 0.15) is 43.9 Å². The number of hydrogen-bond donors (Lipinski definition) is 1. The molecule has 1 aromatic carbocycles. The first kappa shape index (κ1) is 16.6. The Morgan fingerprint density at radius 2 is 1.96 bits per heavy atom. The van der Waals surface area contributed by atoms with Crippen molar-refractivity contribution in [1.82, 2.24) is 4.98 Å². The molecular formula is C19H22INO2. The number of benzene rings is 1. The van der Waals surface area contributed by atoms with E-state index in [0.717, 1.165) is 17.9 Å². The maximum absolute atomic E-state index is 12.2. The van der Waals surface area contributed by atoms with Gasteiger partial charge in [-0.15, -0.1) is 0 Å². The lowest BCUT2D eigenvalue weighted by molar-refractivity contribution is 0.101. The predicted molar refractivity (Wildman–Crippen MR) is 101 cm³/mol. The summed E-state index contributed by atoms with van der Waals surface area (Å²) < 4.78 is 6.88. The van der Waals surface area contributed by atoms with Gasteiger partial charge in [0.1, 0.15) is 15.4 Å². The number of rotatable bonds is 4. The molecule has 1 aliphatic carbocycles. The van der Waals surface area contributed by atoms with Crippen molar-refractivity contribution in [3.05, 3.63) is 61.6 Å². The summed E-state index contributed by atoms with van der Waals surface area (Å²) in [4.78, 5) is 15.2. The van der Waals surface area contributed by atoms with Crippen molar-refractivity contribution in [2.24, 2.45) is 5.92 Å². The predicted octanol–water partition coefficient (Wildman–Crippen LogP) is 4.53. The molecule has 3 nitrogen and oxygen atoms in total. The number of pyridine rings is 1. The van der Waals surface area contributed by atoms with Crippen LogP contribution in [-0.4, -0.2) is 11.1 Å². The Morgan fingerprint density at radius 3 is 2.70 bits per heavy atom. The highest BCUT2D eigenvalue weighted by molar-refractivity contribution is 14.1. The topological polar surface area (TPSA) is 42.1 Å². The molecule has 0 radical (unpaired) electrons. The number of aromatic nitrogens is 1. The number of nitrogens with one attached hydrogen (secondary N) is 1. The molecule has 2 atom stereocenters. The van der Waals surface area contributed by atoms with Crippen LogP contribution in [0.4, 0.5) is 0 Å². The molecule has 3 rings (SSSR count). The summed E-state index contributed by atoms with van der Waals surface area (Å²) in [5.74, 6) is 1.29. The van der Waals surface area contributed by atoms with E-state index in [1.165, 1.54) is 24.8 Å². The third-order valence-corrected chi connectivity index (χ3v) is 5.57. The van der Waals surface area contributed by atoms with Crippen molar-refractivity contribution < 1.29 is 4.74 Å². The van der Waals surface area contributed by atoms with Crippen LogP contribution in [0.2, 0.25) is 0 Å². The molecule has 0 saturated heterocycles. The van der Waals surface area contributed by atoms with Gasteiger partial charge in [0.25, 0.3) is 5.56 Å². The Hall–Kier alpha value is -1.30. The van der Waals surface area contributed by atoms with Gasteiger partial charge >= 0.3 is 0 Å². The van der Waals surface area contributed by atoms with Gasteiger partial charge in [0.15, 0.2) is 0 Å². The third-order valence-electron chi connectivity index (χ3n) is 4.54. The number of hydrogen-bond acceptors (Lipinski definition) is 2. The lowest BCUT2D eigenvalue weighted by Crippen LogP contribution is -2.29. The van der Waals surface area contributed by atoms with Crippen molar-refractivity contribution in [1.29, 1.82) is 0 Å². The van der Waals surface area contributed by atoms with Gasteiger partial charge in [-0.3, -0.25) is 4.79 Å². The second-order valence-corrected chi connectivity index (χ2v) is 7.46. The molecule has 0 spiro atoms. The fraction of sp³-hybridized carbons (Fsp3) is 0.421. The maximum Gasteiger partial charge on any atom is 0.265 e. The Bertz CT molecular complexity index is 711. The molecule has 23 heavy (non-hydrogen) atoms. The van der Waals surface area contributed by atoms with Gasteiger partial charge in [0.2, 0.25) is 0 Å². The van der Waals surface area contributed by atoms with Gasteiger partial charge in [0, 0.05) is 18.2 Å². The van der Waals surface area contributed by atoms with E-state index in [2.05, 4.69) is 46.6 Å². The molecule has 1 saturated carbocycles. The standard InChI is InChI=1S/C19H22INO2/c1-13-7-5-6-10-16(13)23-17-12-15(21-19(22)18(17)20)11-14-8-3-2-4-9-14/h2-4,8-9,12-13,16H,5-7,10-11H2,1H3,(H,21,22). The third kappa shape index (κ3) is 4.16. The van der Waals surface area contributed by atoms with Crippen LogP contribution in [0.5, 0.6) is 5.75 Å². The van der Waals surface area contributed by atoms with Crippen molar-refractivity contribution in [3.8, 4) is 5.75 Å². The molecule has 0 aliphatic heterocycles. The number of H-pyrrole nitrogens is 1. The second-order valence-electron chi connectivity index (χ2n) is 6.38. The largest absolute Gasteiger partial charge is 0.489 e. The summed E-state index contributed by atoms with van der Waals surface area (Å²) in [6.45, 7) is 2.24. The second kappa shape index (κ2) is 7.51. The molecule has 0 amide bonds. The van der Waals surface area contributed by atoms with Crippen LogP contribution < -0.4 is 10.3 Å². The molecule has 0 bridgehead atoms. The minimum Gasteiger partial charge on any atom is -0.489 e. The van der Waals surface area contributed by atoms with Gasteiger partial charge in [-0.1, -0.05) is 43.7 Å². The molecular weight excluding hydrogens is 401 g/mol. The number of ether oxygens (including phenoxy) is 1. The first-order chi connectivity index (χ1) is 11.1. The maximum atomic E-state index is 12.2. The Balaban J connectivity index is 1.83. The summed E-state index contributed by atoms with van der Waals surface area (Å²) in [7, 11) is 0. The summed E-state index contributed by atoms with van der Waals surface area (Å²) >= 11 is 2.09. The highest BCUT2D eigenvalue weighted by atomic mass is 127. The first-order valence-corrected chi connectivity index (χ1v) is 9.33. The molecule has 1 aliphatic rings. The SMILES string of the molecule is CC1CCCCC1Oc1cc(Cc2ccccc2)[nH]c(=O)c1I. The zero-order chi connectivity index (χ0) is 16.2. The summed E-state index contributed by atoms with van der Waals surface area (Å²) in [5.41, 5.74) is 2.03. The minimum atomic E-state index is -0.0579. The van der Waals surface area contributed by atoms with Gasteiger partial charge in [-0.25, -0.2) is 0 Å². The average molecular weight is 423 g/mol. The van der Waals surface area contributed by atoms with E-state index in [1.54, 1.807) is 0 Å². The molecule has 1 fully saturated rings. The molecule has 1 N–H and O–H groups in total. The van der Waals surface area contributed by atoms with Gasteiger partial charge < -0.3 is 9.72 Å². The average Bonchev–Trinajstić information content (AvgIpc) is 2.55. The van der Waals surface area contributed by atoms with Crippen LogP contribution in [-0.2, 0) is 6.42 Å². The first-order valence-electron chi connectivity index (χ1n) is 8.26. The summed E-state index contributed by atoms with van der Waals surface area (Å²) in [6, 6.07) is 12.2. The van der Waals surface area contributed by atoms with Crippen LogP contribution in [0.15, 0.2) is 41.2 Å². The fourth-order valence-electron chi connectivity index (χ4n) is 3.19. The van der Waals surface area contributed by atoms with Crippen molar-refractivity contribution in [3.63, 3.8) is 0 Å². The van der Waals surface area contributed by atoms with Gasteiger partial charge in [-0.2, -0.15) is 0 Å². The summed E-state index contributed by atoms with van der Waals surface area (Å²) in [6.07, 6.45) is 5.73. The van der Waals surface area contributed by atoms with Gasteiger partial charge in [-0.05, 0) is 53.3 Å². The van der Waals surface area contributed by atoms with Crippen LogP contribution in [0.25, 0.3) is 0 Å². The van der Waals surface area contributed by atoms with Crippen LogP contribution in [0.3, 0.4) is 0 Å². The normalized spacial score (nSPS) is 21.1. The zero-order valence-electron chi connectivity index (χ0n) is 13.3. The number of halogens is 1. The van der Waals surface area contributed by atoms with Crippen molar-refractivity contribution >= 4 is 22.6 Å². The van der Waals surface area contributed by atoms with E-state index >= 15 is 0 Å². The monoisotopic (exact) mass is 423 g/mol. The van der Waals surface area contributed by atoms with Crippen molar-refractivity contribution in [2.45, 2.75) is 45.1 Å². The lowest BCUT2D eigenvalue weighted by atomic mass is 9.88. The molecule has 2 unspecified atom stereocenters. The Labute approximate surface area is 150 Å². The van der Waals surface area contributed by atoms with Crippen LogP contribution in [0, 0.1) is 9.49 Å². The number of aromatic amines is 1. The highest BCUT2D eigenvalue weighted by Crippen LogP contribution is 2.29. The van der Waals surface area contributed by atoms with E-state index in [0.29, 0.717) is 15.9 Å². The quantitative estimate of drug-likeness (QED) is 0.735. The molecule has 1 heterocycles. The molecule has 122 valence electrons. The minimum absolute atomic E-state index is 0.0579. The van der Waals surface area contributed by atoms with E-state index in [4.69, 9.17) is 4.74 Å². The molecule has 4 heteroatoms. The Kier molecular flexibility index (Phi) is 5.41. The van der Waals surface area contributed by atoms with Crippen molar-refractivity contribution in [2.75, 3.05) is 0 Å². The lowest BCUT2D eigenvalue weighted by Gasteiger charge is -2.29.